The van der Waals surface area contributed by atoms with Crippen LogP contribution in [0.25, 0.3) is 0 Å². The van der Waals surface area contributed by atoms with Crippen molar-refractivity contribution >= 4 is 35.6 Å². The van der Waals surface area contributed by atoms with Gasteiger partial charge < -0.3 is 20.5 Å². The standard InChI is InChI=1S/C21H27N3O2.HI/c1-21(12-6-8-15-7-4-5-9-17(15)21)14-23-20(22)24-16-10-11-18(25-2)19(13-16)26-3;/h4-5,7,9-11,13H,6,8,12,14H2,1-3H3,(H3,22,23,24);1H. The lowest BCUT2D eigenvalue weighted by molar-refractivity contribution is 0.355. The number of rotatable bonds is 5. The van der Waals surface area contributed by atoms with Crippen LogP contribution < -0.4 is 20.5 Å². The monoisotopic (exact) mass is 481 g/mol. The molecule has 0 spiro atoms. The molecule has 0 fully saturated rings. The third kappa shape index (κ3) is 4.86. The van der Waals surface area contributed by atoms with Gasteiger partial charge in [0.2, 0.25) is 0 Å². The zero-order valence-corrected chi connectivity index (χ0v) is 18.4. The number of fused-ring (bicyclic) bond motifs is 1. The molecule has 0 aliphatic heterocycles. The number of anilines is 1. The van der Waals surface area contributed by atoms with Crippen LogP contribution in [-0.4, -0.2) is 26.7 Å². The Morgan fingerprint density at radius 2 is 1.89 bits per heavy atom. The van der Waals surface area contributed by atoms with E-state index in [-0.39, 0.29) is 29.4 Å². The summed E-state index contributed by atoms with van der Waals surface area (Å²) in [6, 6.07) is 14.2. The van der Waals surface area contributed by atoms with Gasteiger partial charge in [0.25, 0.3) is 0 Å². The van der Waals surface area contributed by atoms with E-state index in [1.165, 1.54) is 17.5 Å². The summed E-state index contributed by atoms with van der Waals surface area (Å²) in [5.41, 5.74) is 9.81. The van der Waals surface area contributed by atoms with Gasteiger partial charge in [0, 0.05) is 17.2 Å². The van der Waals surface area contributed by atoms with Crippen LogP contribution in [0.5, 0.6) is 11.5 Å². The number of nitrogens with zero attached hydrogens (tertiary/aromatic N) is 1. The molecule has 0 aromatic heterocycles. The second-order valence-corrected chi connectivity index (χ2v) is 6.97. The zero-order valence-electron chi connectivity index (χ0n) is 16.1. The molecule has 2 aromatic rings. The van der Waals surface area contributed by atoms with Crippen LogP contribution in [-0.2, 0) is 11.8 Å². The highest BCUT2D eigenvalue weighted by atomic mass is 127. The third-order valence-electron chi connectivity index (χ3n) is 5.10. The summed E-state index contributed by atoms with van der Waals surface area (Å²) in [7, 11) is 3.23. The lowest BCUT2D eigenvalue weighted by Crippen LogP contribution is -2.33. The highest BCUT2D eigenvalue weighted by Gasteiger charge is 2.31. The van der Waals surface area contributed by atoms with Crippen LogP contribution in [0.15, 0.2) is 47.5 Å². The summed E-state index contributed by atoms with van der Waals surface area (Å²) in [6.45, 7) is 2.94. The number of nitrogens with one attached hydrogen (secondary N) is 1. The number of aryl methyl sites for hydroxylation is 1. The first-order valence-corrected chi connectivity index (χ1v) is 8.93. The van der Waals surface area contributed by atoms with E-state index in [4.69, 9.17) is 15.2 Å². The Kier molecular flexibility index (Phi) is 7.35. The van der Waals surface area contributed by atoms with Gasteiger partial charge in [-0.3, -0.25) is 4.99 Å². The molecule has 0 radical (unpaired) electrons. The van der Waals surface area contributed by atoms with Crippen molar-refractivity contribution in [2.75, 3.05) is 26.1 Å². The van der Waals surface area contributed by atoms with E-state index in [9.17, 15) is 0 Å². The van der Waals surface area contributed by atoms with Crippen molar-refractivity contribution in [1.82, 2.24) is 0 Å². The molecule has 3 N–H and O–H groups in total. The van der Waals surface area contributed by atoms with Crippen molar-refractivity contribution in [1.29, 1.82) is 0 Å². The van der Waals surface area contributed by atoms with Crippen molar-refractivity contribution < 1.29 is 9.47 Å². The molecule has 146 valence electrons. The molecule has 1 aliphatic carbocycles. The summed E-state index contributed by atoms with van der Waals surface area (Å²) in [4.78, 5) is 4.62. The number of ether oxygens (including phenoxy) is 2. The van der Waals surface area contributed by atoms with Crippen LogP contribution in [0.3, 0.4) is 0 Å². The molecule has 0 amide bonds. The van der Waals surface area contributed by atoms with E-state index in [0.717, 1.165) is 18.5 Å². The number of aliphatic imine (C=N–C) groups is 1. The quantitative estimate of drug-likeness (QED) is 0.379. The molecule has 5 nitrogen and oxygen atoms in total. The van der Waals surface area contributed by atoms with Crippen LogP contribution in [0.1, 0.15) is 30.9 Å². The molecule has 2 aromatic carbocycles. The lowest BCUT2D eigenvalue weighted by Gasteiger charge is -2.34. The normalized spacial score (nSPS) is 18.9. The van der Waals surface area contributed by atoms with Crippen LogP contribution in [0.4, 0.5) is 5.69 Å². The number of guanidine groups is 1. The Morgan fingerprint density at radius 1 is 1.15 bits per heavy atom. The molecular formula is C21H28IN3O2. The van der Waals surface area contributed by atoms with Crippen molar-refractivity contribution in [2.45, 2.75) is 31.6 Å². The molecule has 0 heterocycles. The maximum Gasteiger partial charge on any atom is 0.193 e. The molecule has 1 unspecified atom stereocenters. The maximum atomic E-state index is 6.13. The van der Waals surface area contributed by atoms with E-state index in [2.05, 4.69) is 41.5 Å². The average molecular weight is 481 g/mol. The van der Waals surface area contributed by atoms with Crippen molar-refractivity contribution in [3.8, 4) is 11.5 Å². The summed E-state index contributed by atoms with van der Waals surface area (Å²) in [6.07, 6.45) is 3.46. The number of benzene rings is 2. The Hall–Kier alpha value is -1.96. The fourth-order valence-corrected chi connectivity index (χ4v) is 3.66. The molecule has 1 atom stereocenters. The van der Waals surface area contributed by atoms with E-state index in [1.54, 1.807) is 14.2 Å². The topological polar surface area (TPSA) is 68.9 Å². The van der Waals surface area contributed by atoms with Crippen LogP contribution in [0.2, 0.25) is 0 Å². The zero-order chi connectivity index (χ0) is 18.6. The van der Waals surface area contributed by atoms with Gasteiger partial charge in [-0.1, -0.05) is 31.2 Å². The van der Waals surface area contributed by atoms with Crippen LogP contribution in [0, 0.1) is 0 Å². The van der Waals surface area contributed by atoms with Gasteiger partial charge in [-0.05, 0) is 42.5 Å². The van der Waals surface area contributed by atoms with E-state index >= 15 is 0 Å². The number of methoxy groups -OCH3 is 2. The van der Waals surface area contributed by atoms with Crippen molar-refractivity contribution in [3.63, 3.8) is 0 Å². The molecule has 27 heavy (non-hydrogen) atoms. The number of hydrogen-bond donors (Lipinski definition) is 2. The average Bonchev–Trinajstić information content (AvgIpc) is 2.67. The maximum absolute atomic E-state index is 6.13. The predicted octanol–water partition coefficient (Wildman–Crippen LogP) is 4.34. The third-order valence-corrected chi connectivity index (χ3v) is 5.10. The second-order valence-electron chi connectivity index (χ2n) is 6.97. The molecule has 3 rings (SSSR count). The SMILES string of the molecule is COc1ccc(NC(N)=NCC2(C)CCCc3ccccc32)cc1OC.I. The Bertz CT molecular complexity index is 810. The minimum absolute atomic E-state index is 0. The van der Waals surface area contributed by atoms with Gasteiger partial charge in [-0.2, -0.15) is 0 Å². The molecule has 0 saturated heterocycles. The van der Waals surface area contributed by atoms with Gasteiger partial charge in [0.1, 0.15) is 0 Å². The van der Waals surface area contributed by atoms with Gasteiger partial charge in [0.05, 0.1) is 20.8 Å². The van der Waals surface area contributed by atoms with Gasteiger partial charge in [-0.25, -0.2) is 0 Å². The summed E-state index contributed by atoms with van der Waals surface area (Å²) in [5, 5.41) is 3.14. The first-order chi connectivity index (χ1) is 12.6. The van der Waals surface area contributed by atoms with Gasteiger partial charge in [-0.15, -0.1) is 24.0 Å². The summed E-state index contributed by atoms with van der Waals surface area (Å²) in [5.74, 6) is 1.74. The molecule has 1 aliphatic rings. The highest BCUT2D eigenvalue weighted by molar-refractivity contribution is 14.0. The molecular weight excluding hydrogens is 453 g/mol. The number of halogens is 1. The smallest absolute Gasteiger partial charge is 0.193 e. The first kappa shape index (κ1) is 21.3. The minimum atomic E-state index is 0. The minimum Gasteiger partial charge on any atom is -0.493 e. The van der Waals surface area contributed by atoms with E-state index < -0.39 is 0 Å². The molecule has 0 bridgehead atoms. The fraction of sp³-hybridized carbons (Fsp3) is 0.381. The van der Waals surface area contributed by atoms with Gasteiger partial charge in [0.15, 0.2) is 17.5 Å². The molecule has 0 saturated carbocycles. The van der Waals surface area contributed by atoms with Crippen molar-refractivity contribution in [3.05, 3.63) is 53.6 Å². The molecule has 6 heteroatoms. The van der Waals surface area contributed by atoms with E-state index in [1.807, 2.05) is 18.2 Å². The Labute approximate surface area is 178 Å². The fourth-order valence-electron chi connectivity index (χ4n) is 3.66. The first-order valence-electron chi connectivity index (χ1n) is 8.93. The number of hydrogen-bond acceptors (Lipinski definition) is 3. The summed E-state index contributed by atoms with van der Waals surface area (Å²) >= 11 is 0. The predicted molar refractivity (Wildman–Crippen MR) is 122 cm³/mol. The Balaban J connectivity index is 0.00000261. The van der Waals surface area contributed by atoms with Gasteiger partial charge >= 0.3 is 0 Å². The Morgan fingerprint density at radius 3 is 2.63 bits per heavy atom. The van der Waals surface area contributed by atoms with E-state index in [0.29, 0.717) is 24.0 Å². The summed E-state index contributed by atoms with van der Waals surface area (Å²) < 4.78 is 10.6. The van der Waals surface area contributed by atoms with Crippen molar-refractivity contribution in [2.24, 2.45) is 10.7 Å². The lowest BCUT2D eigenvalue weighted by atomic mass is 9.71. The highest BCUT2D eigenvalue weighted by Crippen LogP contribution is 2.37. The second kappa shape index (κ2) is 9.30. The largest absolute Gasteiger partial charge is 0.493 e. The number of nitrogens with two attached hydrogens (primary N) is 1. The van der Waals surface area contributed by atoms with Crippen LogP contribution >= 0.6 is 24.0 Å².